The van der Waals surface area contributed by atoms with Gasteiger partial charge in [0.2, 0.25) is 5.91 Å². The molecule has 1 saturated heterocycles. The molecule has 1 aromatic carbocycles. The molecule has 3 amide bonds. The minimum atomic E-state index is -0.345. The van der Waals surface area contributed by atoms with E-state index in [-0.39, 0.29) is 29.5 Å². The summed E-state index contributed by atoms with van der Waals surface area (Å²) in [5, 5.41) is 5.64. The molecule has 0 bridgehead atoms. The van der Waals surface area contributed by atoms with Gasteiger partial charge in [-0.15, -0.1) is 0 Å². The first kappa shape index (κ1) is 20.8. The number of ether oxygens (including phenoxy) is 1. The standard InChI is InChI=1S/C23H26N4O4/c1-13(28)27-11-18-19(12-27)21(18)26-22(29)15-9-16(25-20(10-15)23(30)24-2)7-14-5-4-6-17(8-14)31-3/h4-6,8-10,18-19,21H,7,11-12H2,1-3H3,(H,24,30)(H,26,29)/t18-,19+,21?. The molecule has 0 radical (unpaired) electrons. The molecule has 1 aliphatic carbocycles. The number of pyridine rings is 1. The van der Waals surface area contributed by atoms with Crippen LogP contribution in [-0.4, -0.2) is 60.9 Å². The van der Waals surface area contributed by atoms with Gasteiger partial charge in [-0.2, -0.15) is 0 Å². The highest BCUT2D eigenvalue weighted by molar-refractivity contribution is 5.99. The van der Waals surface area contributed by atoms with Crippen LogP contribution < -0.4 is 15.4 Å². The van der Waals surface area contributed by atoms with Crippen LogP contribution >= 0.6 is 0 Å². The Kier molecular flexibility index (Phi) is 5.63. The molecule has 8 heteroatoms. The predicted molar refractivity (Wildman–Crippen MR) is 114 cm³/mol. The van der Waals surface area contributed by atoms with E-state index < -0.39 is 0 Å². The third-order valence-electron chi connectivity index (χ3n) is 6.06. The Morgan fingerprint density at radius 3 is 2.52 bits per heavy atom. The van der Waals surface area contributed by atoms with Crippen molar-refractivity contribution in [1.82, 2.24) is 20.5 Å². The fourth-order valence-corrected chi connectivity index (χ4v) is 4.28. The molecular formula is C23H26N4O4. The number of carbonyl (C=O) groups is 3. The number of hydrogen-bond acceptors (Lipinski definition) is 5. The van der Waals surface area contributed by atoms with Crippen molar-refractivity contribution >= 4 is 17.7 Å². The molecule has 1 saturated carbocycles. The second-order valence-electron chi connectivity index (χ2n) is 8.09. The second-order valence-corrected chi connectivity index (χ2v) is 8.09. The van der Waals surface area contributed by atoms with Crippen LogP contribution in [0.2, 0.25) is 0 Å². The fraction of sp³-hybridized carbons (Fsp3) is 0.391. The average Bonchev–Trinajstić information content (AvgIpc) is 3.19. The summed E-state index contributed by atoms with van der Waals surface area (Å²) in [6.45, 7) is 2.94. The number of piperidine rings is 1. The minimum absolute atomic E-state index is 0.0709. The monoisotopic (exact) mass is 422 g/mol. The number of carbonyl (C=O) groups excluding carboxylic acids is 3. The van der Waals surface area contributed by atoms with Gasteiger partial charge in [-0.25, -0.2) is 4.98 Å². The maximum Gasteiger partial charge on any atom is 0.269 e. The van der Waals surface area contributed by atoms with Crippen molar-refractivity contribution in [2.24, 2.45) is 11.8 Å². The number of methoxy groups -OCH3 is 1. The molecule has 2 aromatic rings. The van der Waals surface area contributed by atoms with E-state index in [2.05, 4.69) is 15.6 Å². The Hall–Kier alpha value is -3.42. The second kappa shape index (κ2) is 8.37. The van der Waals surface area contributed by atoms with Crippen molar-refractivity contribution in [2.75, 3.05) is 27.2 Å². The maximum absolute atomic E-state index is 12.9. The van der Waals surface area contributed by atoms with E-state index >= 15 is 0 Å². The van der Waals surface area contributed by atoms with Gasteiger partial charge in [0, 0.05) is 62.6 Å². The summed E-state index contributed by atoms with van der Waals surface area (Å²) in [6.07, 6.45) is 0.463. The van der Waals surface area contributed by atoms with Crippen molar-refractivity contribution in [3.63, 3.8) is 0 Å². The van der Waals surface area contributed by atoms with E-state index in [0.717, 1.165) is 11.3 Å². The Balaban J connectivity index is 1.51. The molecular weight excluding hydrogens is 396 g/mol. The molecule has 1 aromatic heterocycles. The number of nitrogens with zero attached hydrogens (tertiary/aromatic N) is 2. The third kappa shape index (κ3) is 4.38. The van der Waals surface area contributed by atoms with E-state index in [4.69, 9.17) is 4.74 Å². The van der Waals surface area contributed by atoms with E-state index in [1.807, 2.05) is 29.2 Å². The molecule has 162 valence electrons. The van der Waals surface area contributed by atoms with Crippen molar-refractivity contribution in [2.45, 2.75) is 19.4 Å². The predicted octanol–water partition coefficient (Wildman–Crippen LogP) is 1.25. The smallest absolute Gasteiger partial charge is 0.269 e. The molecule has 1 aliphatic heterocycles. The van der Waals surface area contributed by atoms with Crippen LogP contribution in [0.1, 0.15) is 39.0 Å². The third-order valence-corrected chi connectivity index (χ3v) is 6.06. The number of rotatable bonds is 6. The lowest BCUT2D eigenvalue weighted by molar-refractivity contribution is -0.128. The van der Waals surface area contributed by atoms with Crippen LogP contribution in [0.3, 0.4) is 0 Å². The summed E-state index contributed by atoms with van der Waals surface area (Å²) in [7, 11) is 3.14. The van der Waals surface area contributed by atoms with Crippen molar-refractivity contribution in [1.29, 1.82) is 0 Å². The van der Waals surface area contributed by atoms with Gasteiger partial charge >= 0.3 is 0 Å². The summed E-state index contributed by atoms with van der Waals surface area (Å²) >= 11 is 0. The number of fused-ring (bicyclic) bond motifs is 1. The Bertz CT molecular complexity index is 1030. The highest BCUT2D eigenvalue weighted by Crippen LogP contribution is 2.45. The van der Waals surface area contributed by atoms with Gasteiger partial charge in [-0.1, -0.05) is 12.1 Å². The molecule has 8 nitrogen and oxygen atoms in total. The average molecular weight is 422 g/mol. The van der Waals surface area contributed by atoms with Crippen molar-refractivity contribution in [3.05, 3.63) is 58.9 Å². The Morgan fingerprint density at radius 2 is 1.87 bits per heavy atom. The van der Waals surface area contributed by atoms with Crippen LogP contribution in [0.5, 0.6) is 5.75 Å². The molecule has 3 atom stereocenters. The van der Waals surface area contributed by atoms with Crippen molar-refractivity contribution in [3.8, 4) is 5.75 Å². The molecule has 2 N–H and O–H groups in total. The maximum atomic E-state index is 12.9. The van der Waals surface area contributed by atoms with Gasteiger partial charge in [-0.05, 0) is 29.8 Å². The van der Waals surface area contributed by atoms with Gasteiger partial charge < -0.3 is 20.3 Å². The summed E-state index contributed by atoms with van der Waals surface area (Å²) in [5.74, 6) is 0.852. The van der Waals surface area contributed by atoms with E-state index in [9.17, 15) is 14.4 Å². The lowest BCUT2D eigenvalue weighted by Crippen LogP contribution is -2.36. The first-order valence-electron chi connectivity index (χ1n) is 10.3. The molecule has 2 fully saturated rings. The van der Waals surface area contributed by atoms with Gasteiger partial charge in [0.25, 0.3) is 11.8 Å². The van der Waals surface area contributed by atoms with E-state index in [0.29, 0.717) is 42.6 Å². The zero-order chi connectivity index (χ0) is 22.1. The number of hydrogen-bond donors (Lipinski definition) is 2. The highest BCUT2D eigenvalue weighted by atomic mass is 16.5. The molecule has 31 heavy (non-hydrogen) atoms. The van der Waals surface area contributed by atoms with Gasteiger partial charge in [0.15, 0.2) is 0 Å². The van der Waals surface area contributed by atoms with Crippen LogP contribution in [0.25, 0.3) is 0 Å². The summed E-state index contributed by atoms with van der Waals surface area (Å²) in [4.78, 5) is 42.9. The molecule has 0 spiro atoms. The van der Waals surface area contributed by atoms with E-state index in [1.54, 1.807) is 20.1 Å². The topological polar surface area (TPSA) is 101 Å². The van der Waals surface area contributed by atoms with Gasteiger partial charge in [0.1, 0.15) is 11.4 Å². The number of amides is 3. The minimum Gasteiger partial charge on any atom is -0.497 e. The molecule has 2 heterocycles. The summed E-state index contributed by atoms with van der Waals surface area (Å²) < 4.78 is 5.27. The van der Waals surface area contributed by atoms with Crippen LogP contribution in [-0.2, 0) is 11.2 Å². The molecule has 4 rings (SSSR count). The highest BCUT2D eigenvalue weighted by Gasteiger charge is 2.57. The fourth-order valence-electron chi connectivity index (χ4n) is 4.28. The largest absolute Gasteiger partial charge is 0.497 e. The number of nitrogens with one attached hydrogen (secondary N) is 2. The molecule has 2 aliphatic rings. The van der Waals surface area contributed by atoms with Crippen LogP contribution in [0.4, 0.5) is 0 Å². The lowest BCUT2D eigenvalue weighted by atomic mass is 10.1. The quantitative estimate of drug-likeness (QED) is 0.730. The lowest BCUT2D eigenvalue weighted by Gasteiger charge is -2.18. The van der Waals surface area contributed by atoms with Crippen molar-refractivity contribution < 1.29 is 19.1 Å². The number of aromatic nitrogens is 1. The first-order chi connectivity index (χ1) is 14.9. The van der Waals surface area contributed by atoms with Gasteiger partial charge in [-0.3, -0.25) is 14.4 Å². The number of benzene rings is 1. The first-order valence-corrected chi connectivity index (χ1v) is 10.3. The normalized spacial score (nSPS) is 21.3. The van der Waals surface area contributed by atoms with E-state index in [1.165, 1.54) is 13.1 Å². The summed E-state index contributed by atoms with van der Waals surface area (Å²) in [6, 6.07) is 10.9. The van der Waals surface area contributed by atoms with Crippen LogP contribution in [0, 0.1) is 11.8 Å². The number of likely N-dealkylation sites (tertiary alicyclic amines) is 1. The Labute approximate surface area is 181 Å². The SMILES string of the molecule is CNC(=O)c1cc(C(=O)NC2[C@H]3CN(C(C)=O)C[C@@H]23)cc(Cc2cccc(OC)c2)n1. The zero-order valence-corrected chi connectivity index (χ0v) is 17.8. The molecule has 1 unspecified atom stereocenters. The Morgan fingerprint density at radius 1 is 1.13 bits per heavy atom. The zero-order valence-electron chi connectivity index (χ0n) is 17.8. The van der Waals surface area contributed by atoms with Gasteiger partial charge in [0.05, 0.1) is 7.11 Å². The van der Waals surface area contributed by atoms with Crippen LogP contribution in [0.15, 0.2) is 36.4 Å². The summed E-state index contributed by atoms with van der Waals surface area (Å²) in [5.41, 5.74) is 2.19.